The summed E-state index contributed by atoms with van der Waals surface area (Å²) in [6.07, 6.45) is 0.238. The van der Waals surface area contributed by atoms with Crippen molar-refractivity contribution in [2.45, 2.75) is 46.2 Å². The molecule has 0 aliphatic rings. The zero-order chi connectivity index (χ0) is 10.7. The van der Waals surface area contributed by atoms with E-state index in [0.717, 1.165) is 17.5 Å². The first kappa shape index (κ1) is 11.2. The first-order valence-electron chi connectivity index (χ1n) is 5.30. The van der Waals surface area contributed by atoms with Crippen molar-refractivity contribution < 1.29 is 4.39 Å². The lowest BCUT2D eigenvalue weighted by Crippen LogP contribution is -1.95. The molecule has 1 aromatic carbocycles. The van der Waals surface area contributed by atoms with Crippen LogP contribution in [0.2, 0.25) is 0 Å². The number of alkyl halides is 1. The molecule has 0 radical (unpaired) electrons. The van der Waals surface area contributed by atoms with Crippen molar-refractivity contribution in [1.82, 2.24) is 0 Å². The van der Waals surface area contributed by atoms with Crippen molar-refractivity contribution in [2.24, 2.45) is 0 Å². The number of hydrogen-bond acceptors (Lipinski definition) is 0. The second kappa shape index (κ2) is 4.59. The Balaban J connectivity index is 3.07. The summed E-state index contributed by atoms with van der Waals surface area (Å²) in [5.74, 6) is 0.521. The van der Waals surface area contributed by atoms with Crippen molar-refractivity contribution in [2.75, 3.05) is 0 Å². The van der Waals surface area contributed by atoms with Crippen LogP contribution in [0.5, 0.6) is 0 Å². The molecule has 1 heteroatoms. The van der Waals surface area contributed by atoms with Crippen molar-refractivity contribution in [3.05, 3.63) is 34.9 Å². The second-order valence-corrected chi connectivity index (χ2v) is 4.10. The fourth-order valence-corrected chi connectivity index (χ4v) is 1.59. The van der Waals surface area contributed by atoms with E-state index in [2.05, 4.69) is 19.9 Å². The van der Waals surface area contributed by atoms with E-state index in [9.17, 15) is 4.39 Å². The SMILES string of the molecule is CCC(C)c1cc(C)cc(C(C)F)c1. The smallest absolute Gasteiger partial charge is 0.122 e. The van der Waals surface area contributed by atoms with Gasteiger partial charge in [-0.3, -0.25) is 0 Å². The molecule has 0 bridgehead atoms. The summed E-state index contributed by atoms with van der Waals surface area (Å²) in [7, 11) is 0. The summed E-state index contributed by atoms with van der Waals surface area (Å²) in [4.78, 5) is 0. The third kappa shape index (κ3) is 2.57. The quantitative estimate of drug-likeness (QED) is 0.662. The first-order valence-corrected chi connectivity index (χ1v) is 5.30. The van der Waals surface area contributed by atoms with Crippen LogP contribution in [0.4, 0.5) is 4.39 Å². The maximum Gasteiger partial charge on any atom is 0.122 e. The van der Waals surface area contributed by atoms with Gasteiger partial charge in [0.15, 0.2) is 0 Å². The molecule has 0 saturated heterocycles. The molecule has 0 heterocycles. The van der Waals surface area contributed by atoms with Gasteiger partial charge in [-0.1, -0.05) is 37.6 Å². The predicted octanol–water partition coefficient (Wildman–Crippen LogP) is 4.54. The molecule has 2 unspecified atom stereocenters. The highest BCUT2D eigenvalue weighted by molar-refractivity contribution is 5.32. The topological polar surface area (TPSA) is 0 Å². The number of aryl methyl sites for hydroxylation is 1. The van der Waals surface area contributed by atoms with E-state index in [-0.39, 0.29) is 0 Å². The Bertz CT molecular complexity index is 302. The van der Waals surface area contributed by atoms with E-state index < -0.39 is 6.17 Å². The standard InChI is InChI=1S/C13H19F/c1-5-10(3)12-6-9(2)7-13(8-12)11(4)14/h6-8,10-11H,5H2,1-4H3. The van der Waals surface area contributed by atoms with Crippen LogP contribution in [0.15, 0.2) is 18.2 Å². The summed E-state index contributed by atoms with van der Waals surface area (Å²) in [6.45, 7) is 7.96. The fraction of sp³-hybridized carbons (Fsp3) is 0.538. The van der Waals surface area contributed by atoms with E-state index in [1.54, 1.807) is 6.92 Å². The van der Waals surface area contributed by atoms with Crippen LogP contribution in [0.25, 0.3) is 0 Å². The summed E-state index contributed by atoms with van der Waals surface area (Å²) in [5, 5.41) is 0. The lowest BCUT2D eigenvalue weighted by molar-refractivity contribution is 0.373. The average Bonchev–Trinajstić information content (AvgIpc) is 2.15. The van der Waals surface area contributed by atoms with E-state index in [1.807, 2.05) is 19.1 Å². The molecular weight excluding hydrogens is 175 g/mol. The second-order valence-electron chi connectivity index (χ2n) is 4.10. The Kier molecular flexibility index (Phi) is 3.68. The molecule has 0 amide bonds. The van der Waals surface area contributed by atoms with E-state index >= 15 is 0 Å². The molecule has 2 atom stereocenters. The maximum absolute atomic E-state index is 13.2. The van der Waals surface area contributed by atoms with Gasteiger partial charge >= 0.3 is 0 Å². The van der Waals surface area contributed by atoms with Crippen molar-refractivity contribution >= 4 is 0 Å². The molecule has 0 fully saturated rings. The Morgan fingerprint density at radius 1 is 1.14 bits per heavy atom. The lowest BCUT2D eigenvalue weighted by atomic mass is 9.94. The lowest BCUT2D eigenvalue weighted by Gasteiger charge is -2.13. The highest BCUT2D eigenvalue weighted by atomic mass is 19.1. The Morgan fingerprint density at radius 2 is 1.71 bits per heavy atom. The predicted molar refractivity (Wildman–Crippen MR) is 59.4 cm³/mol. The van der Waals surface area contributed by atoms with E-state index in [1.165, 1.54) is 5.56 Å². The minimum Gasteiger partial charge on any atom is -0.243 e. The third-order valence-corrected chi connectivity index (χ3v) is 2.76. The number of halogens is 1. The minimum atomic E-state index is -0.863. The van der Waals surface area contributed by atoms with Crippen LogP contribution < -0.4 is 0 Å². The van der Waals surface area contributed by atoms with Gasteiger partial charge < -0.3 is 0 Å². The summed E-state index contributed by atoms with van der Waals surface area (Å²) >= 11 is 0. The highest BCUT2D eigenvalue weighted by Gasteiger charge is 2.08. The summed E-state index contributed by atoms with van der Waals surface area (Å²) in [6, 6.07) is 6.07. The molecule has 0 saturated carbocycles. The van der Waals surface area contributed by atoms with E-state index in [4.69, 9.17) is 0 Å². The van der Waals surface area contributed by atoms with Crippen LogP contribution in [-0.2, 0) is 0 Å². The Morgan fingerprint density at radius 3 is 2.21 bits per heavy atom. The first-order chi connectivity index (χ1) is 6.54. The van der Waals surface area contributed by atoms with E-state index in [0.29, 0.717) is 5.92 Å². The zero-order valence-corrected chi connectivity index (χ0v) is 9.47. The van der Waals surface area contributed by atoms with Gasteiger partial charge in [0.2, 0.25) is 0 Å². The molecule has 0 nitrogen and oxygen atoms in total. The normalized spacial score (nSPS) is 15.2. The van der Waals surface area contributed by atoms with Gasteiger partial charge in [0.1, 0.15) is 6.17 Å². The van der Waals surface area contributed by atoms with Crippen LogP contribution >= 0.6 is 0 Å². The molecule has 1 aromatic rings. The monoisotopic (exact) mass is 194 g/mol. The number of hydrogen-bond donors (Lipinski definition) is 0. The van der Waals surface area contributed by atoms with Crippen LogP contribution in [0.1, 0.15) is 56.0 Å². The molecule has 0 aliphatic heterocycles. The van der Waals surface area contributed by atoms with Crippen LogP contribution in [0, 0.1) is 6.92 Å². The molecule has 0 N–H and O–H groups in total. The third-order valence-electron chi connectivity index (χ3n) is 2.76. The van der Waals surface area contributed by atoms with Crippen molar-refractivity contribution in [1.29, 1.82) is 0 Å². The molecule has 1 rings (SSSR count). The summed E-state index contributed by atoms with van der Waals surface area (Å²) in [5.41, 5.74) is 3.22. The minimum absolute atomic E-state index is 0.521. The maximum atomic E-state index is 13.2. The van der Waals surface area contributed by atoms with Gasteiger partial charge in [0.05, 0.1) is 0 Å². The molecule has 78 valence electrons. The van der Waals surface area contributed by atoms with Gasteiger partial charge in [-0.15, -0.1) is 0 Å². The van der Waals surface area contributed by atoms with Crippen molar-refractivity contribution in [3.63, 3.8) is 0 Å². The van der Waals surface area contributed by atoms with Crippen molar-refractivity contribution in [3.8, 4) is 0 Å². The number of benzene rings is 1. The fourth-order valence-electron chi connectivity index (χ4n) is 1.59. The van der Waals surface area contributed by atoms with Gasteiger partial charge in [0.25, 0.3) is 0 Å². The Hall–Kier alpha value is -0.850. The molecule has 14 heavy (non-hydrogen) atoms. The van der Waals surface area contributed by atoms with Gasteiger partial charge in [-0.25, -0.2) is 4.39 Å². The van der Waals surface area contributed by atoms with Gasteiger partial charge in [-0.2, -0.15) is 0 Å². The molecule has 0 spiro atoms. The Labute approximate surface area is 86.2 Å². The highest BCUT2D eigenvalue weighted by Crippen LogP contribution is 2.25. The largest absolute Gasteiger partial charge is 0.243 e. The molecule has 0 aromatic heterocycles. The average molecular weight is 194 g/mol. The van der Waals surface area contributed by atoms with Crippen LogP contribution in [-0.4, -0.2) is 0 Å². The molecule has 0 aliphatic carbocycles. The summed E-state index contributed by atoms with van der Waals surface area (Å²) < 4.78 is 13.2. The van der Waals surface area contributed by atoms with Gasteiger partial charge in [0, 0.05) is 0 Å². The zero-order valence-electron chi connectivity index (χ0n) is 9.47. The van der Waals surface area contributed by atoms with Crippen LogP contribution in [0.3, 0.4) is 0 Å². The van der Waals surface area contributed by atoms with Gasteiger partial charge in [-0.05, 0) is 37.3 Å². The molecular formula is C13H19F. The number of rotatable bonds is 3.